The highest BCUT2D eigenvalue weighted by Crippen LogP contribution is 2.38. The van der Waals surface area contributed by atoms with Crippen LogP contribution in [0, 0.1) is 0 Å². The molecular formula is C21H20BrNO3. The van der Waals surface area contributed by atoms with E-state index in [-0.39, 0.29) is 19.1 Å². The van der Waals surface area contributed by atoms with Crippen LogP contribution in [0.2, 0.25) is 0 Å². The molecule has 134 valence electrons. The smallest absolute Gasteiger partial charge is 0.326 e. The highest BCUT2D eigenvalue weighted by molar-refractivity contribution is 9.09. The van der Waals surface area contributed by atoms with Crippen LogP contribution in [0.25, 0.3) is 5.57 Å². The largest absolute Gasteiger partial charge is 0.465 e. The first-order valence-electron chi connectivity index (χ1n) is 8.59. The minimum absolute atomic E-state index is 0.107. The number of anilines is 1. The Labute approximate surface area is 161 Å². The van der Waals surface area contributed by atoms with E-state index in [1.807, 2.05) is 48.5 Å². The fourth-order valence-electron chi connectivity index (χ4n) is 3.15. The summed E-state index contributed by atoms with van der Waals surface area (Å²) in [4.78, 5) is 26.9. The normalized spacial score (nSPS) is 14.6. The van der Waals surface area contributed by atoms with Crippen LogP contribution in [0.15, 0.2) is 54.6 Å². The fraction of sp³-hybridized carbons (Fsp3) is 0.238. The van der Waals surface area contributed by atoms with Crippen molar-refractivity contribution < 1.29 is 14.3 Å². The van der Waals surface area contributed by atoms with E-state index in [2.05, 4.69) is 22.0 Å². The van der Waals surface area contributed by atoms with E-state index in [4.69, 9.17) is 4.74 Å². The number of allylic oxidation sites excluding steroid dienone is 1. The maximum Gasteiger partial charge on any atom is 0.326 e. The molecule has 3 rings (SSSR count). The van der Waals surface area contributed by atoms with Crippen LogP contribution in [-0.4, -0.2) is 30.4 Å². The van der Waals surface area contributed by atoms with Gasteiger partial charge in [-0.3, -0.25) is 14.5 Å². The zero-order valence-electron chi connectivity index (χ0n) is 14.6. The van der Waals surface area contributed by atoms with Crippen LogP contribution in [0.3, 0.4) is 0 Å². The van der Waals surface area contributed by atoms with E-state index in [1.54, 1.807) is 6.92 Å². The summed E-state index contributed by atoms with van der Waals surface area (Å²) in [6.45, 7) is 1.94. The molecule has 26 heavy (non-hydrogen) atoms. The van der Waals surface area contributed by atoms with Gasteiger partial charge in [0.2, 0.25) is 0 Å². The van der Waals surface area contributed by atoms with Crippen molar-refractivity contribution in [3.63, 3.8) is 0 Å². The van der Waals surface area contributed by atoms with Crippen molar-refractivity contribution in [1.29, 1.82) is 0 Å². The number of benzene rings is 2. The highest BCUT2D eigenvalue weighted by atomic mass is 79.9. The molecule has 0 aromatic heterocycles. The number of para-hydroxylation sites is 1. The Balaban J connectivity index is 2.20. The first-order valence-corrected chi connectivity index (χ1v) is 9.72. The molecule has 0 unspecified atom stereocenters. The second-order valence-electron chi connectivity index (χ2n) is 5.85. The van der Waals surface area contributed by atoms with Crippen LogP contribution < -0.4 is 4.90 Å². The van der Waals surface area contributed by atoms with Gasteiger partial charge in [-0.25, -0.2) is 0 Å². The number of rotatable bonds is 5. The van der Waals surface area contributed by atoms with E-state index in [0.29, 0.717) is 5.56 Å². The van der Waals surface area contributed by atoms with Crippen molar-refractivity contribution in [3.05, 3.63) is 71.3 Å². The number of esters is 1. The molecule has 0 N–H and O–H groups in total. The molecule has 2 aromatic carbocycles. The van der Waals surface area contributed by atoms with Gasteiger partial charge in [-0.05, 0) is 36.6 Å². The van der Waals surface area contributed by atoms with Gasteiger partial charge in [0.1, 0.15) is 6.54 Å². The molecule has 1 aliphatic rings. The number of halogens is 1. The van der Waals surface area contributed by atoms with Crippen molar-refractivity contribution in [1.82, 2.24) is 0 Å². The molecule has 1 amide bonds. The third kappa shape index (κ3) is 3.58. The fourth-order valence-corrected chi connectivity index (χ4v) is 3.38. The van der Waals surface area contributed by atoms with Crippen molar-refractivity contribution in [2.75, 3.05) is 23.4 Å². The van der Waals surface area contributed by atoms with Crippen LogP contribution in [0.1, 0.15) is 34.8 Å². The van der Waals surface area contributed by atoms with Crippen molar-refractivity contribution in [3.8, 4) is 0 Å². The van der Waals surface area contributed by atoms with Gasteiger partial charge in [-0.15, -0.1) is 0 Å². The monoisotopic (exact) mass is 413 g/mol. The number of amides is 1. The van der Waals surface area contributed by atoms with E-state index in [0.717, 1.165) is 34.1 Å². The number of carbonyl (C=O) groups is 2. The van der Waals surface area contributed by atoms with E-state index in [1.165, 1.54) is 4.90 Å². The molecule has 0 aliphatic carbocycles. The van der Waals surface area contributed by atoms with Gasteiger partial charge >= 0.3 is 5.97 Å². The van der Waals surface area contributed by atoms with Crippen molar-refractivity contribution in [2.24, 2.45) is 0 Å². The number of hydrogen-bond acceptors (Lipinski definition) is 3. The molecule has 0 fully saturated rings. The second-order valence-corrected chi connectivity index (χ2v) is 6.65. The lowest BCUT2D eigenvalue weighted by molar-refractivity contribution is -0.141. The van der Waals surface area contributed by atoms with Gasteiger partial charge in [-0.1, -0.05) is 58.4 Å². The third-order valence-corrected chi connectivity index (χ3v) is 4.69. The average molecular weight is 414 g/mol. The summed E-state index contributed by atoms with van der Waals surface area (Å²) in [6.07, 6.45) is 2.97. The summed E-state index contributed by atoms with van der Waals surface area (Å²) >= 11 is 3.47. The standard InChI is InChI=1S/C21H20BrNO3/c1-2-26-20(24)14-23-19-12-6-5-9-17(19)15(11-7-13-22)16-8-3-4-10-18(16)21(23)25/h3-6,8-12H,2,7,13-14H2,1H3. The van der Waals surface area contributed by atoms with Crippen LogP contribution in [0.4, 0.5) is 5.69 Å². The highest BCUT2D eigenvalue weighted by Gasteiger charge is 2.30. The Bertz CT molecular complexity index is 860. The number of nitrogens with zero attached hydrogens (tertiary/aromatic N) is 1. The Hall–Kier alpha value is -2.40. The molecule has 5 heteroatoms. The van der Waals surface area contributed by atoms with Crippen LogP contribution >= 0.6 is 15.9 Å². The Morgan fingerprint density at radius 1 is 1.08 bits per heavy atom. The lowest BCUT2D eigenvalue weighted by Crippen LogP contribution is -2.36. The Morgan fingerprint density at radius 3 is 2.42 bits per heavy atom. The molecule has 0 saturated heterocycles. The number of carbonyl (C=O) groups excluding carboxylic acids is 2. The molecule has 4 nitrogen and oxygen atoms in total. The van der Waals surface area contributed by atoms with Gasteiger partial charge in [-0.2, -0.15) is 0 Å². The summed E-state index contributed by atoms with van der Waals surface area (Å²) in [5.74, 6) is -0.607. The molecule has 1 heterocycles. The van der Waals surface area contributed by atoms with Crippen molar-refractivity contribution in [2.45, 2.75) is 13.3 Å². The van der Waals surface area contributed by atoms with Crippen LogP contribution in [-0.2, 0) is 9.53 Å². The van der Waals surface area contributed by atoms with Gasteiger partial charge in [0.25, 0.3) is 5.91 Å². The lowest BCUT2D eigenvalue weighted by atomic mass is 9.93. The molecule has 1 aliphatic heterocycles. The average Bonchev–Trinajstić information content (AvgIpc) is 2.75. The summed E-state index contributed by atoms with van der Waals surface area (Å²) in [6, 6.07) is 15.2. The maximum absolute atomic E-state index is 13.2. The molecule has 0 spiro atoms. The lowest BCUT2D eigenvalue weighted by Gasteiger charge is -2.22. The van der Waals surface area contributed by atoms with Gasteiger partial charge in [0, 0.05) is 16.5 Å². The SMILES string of the molecule is CCOC(=O)CN1C(=O)c2ccccc2C(=CCCBr)c2ccccc21. The summed E-state index contributed by atoms with van der Waals surface area (Å²) in [5.41, 5.74) is 4.15. The molecule has 2 aromatic rings. The Morgan fingerprint density at radius 2 is 1.73 bits per heavy atom. The summed E-state index contributed by atoms with van der Waals surface area (Å²) in [5, 5.41) is 0.835. The van der Waals surface area contributed by atoms with E-state index >= 15 is 0 Å². The second kappa shape index (κ2) is 8.32. The van der Waals surface area contributed by atoms with Gasteiger partial charge in [0.15, 0.2) is 0 Å². The number of hydrogen-bond donors (Lipinski definition) is 0. The molecular weight excluding hydrogens is 394 g/mol. The molecule has 0 radical (unpaired) electrons. The number of alkyl halides is 1. The predicted molar refractivity (Wildman–Crippen MR) is 107 cm³/mol. The predicted octanol–water partition coefficient (Wildman–Crippen LogP) is 4.43. The zero-order valence-corrected chi connectivity index (χ0v) is 16.2. The number of fused-ring (bicyclic) bond motifs is 2. The molecule has 0 saturated carbocycles. The summed E-state index contributed by atoms with van der Waals surface area (Å²) < 4.78 is 5.07. The van der Waals surface area contributed by atoms with Gasteiger partial charge in [0.05, 0.1) is 12.3 Å². The van der Waals surface area contributed by atoms with Crippen LogP contribution in [0.5, 0.6) is 0 Å². The minimum Gasteiger partial charge on any atom is -0.465 e. The Kier molecular flexibility index (Phi) is 5.89. The van der Waals surface area contributed by atoms with Crippen molar-refractivity contribution >= 4 is 39.1 Å². The van der Waals surface area contributed by atoms with E-state index < -0.39 is 5.97 Å². The topological polar surface area (TPSA) is 46.6 Å². The third-order valence-electron chi connectivity index (χ3n) is 4.23. The quantitative estimate of drug-likeness (QED) is 0.537. The first-order chi connectivity index (χ1) is 12.7. The van der Waals surface area contributed by atoms with E-state index in [9.17, 15) is 9.59 Å². The summed E-state index contributed by atoms with van der Waals surface area (Å²) in [7, 11) is 0. The molecule has 0 bridgehead atoms. The first kappa shape index (κ1) is 18.4. The minimum atomic E-state index is -0.416. The maximum atomic E-state index is 13.2. The number of ether oxygens (including phenoxy) is 1. The zero-order chi connectivity index (χ0) is 18.5. The molecule has 0 atom stereocenters. The van der Waals surface area contributed by atoms with Gasteiger partial charge < -0.3 is 4.74 Å².